The van der Waals surface area contributed by atoms with E-state index < -0.39 is 6.03 Å². The van der Waals surface area contributed by atoms with Crippen molar-refractivity contribution in [1.82, 2.24) is 15.2 Å². The third-order valence-electron chi connectivity index (χ3n) is 6.30. The molecule has 2 amide bonds. The molecule has 41 heavy (non-hydrogen) atoms. The number of morpholine rings is 1. The van der Waals surface area contributed by atoms with Gasteiger partial charge in [-0.3, -0.25) is 5.32 Å². The highest BCUT2D eigenvalue weighted by atomic mass is 16.5. The summed E-state index contributed by atoms with van der Waals surface area (Å²) in [4.78, 5) is 24.3. The zero-order valence-electron chi connectivity index (χ0n) is 24.1. The number of anilines is 1. The maximum absolute atomic E-state index is 13.0. The molecule has 1 aliphatic heterocycles. The summed E-state index contributed by atoms with van der Waals surface area (Å²) in [5, 5.41) is 5.71. The zero-order chi connectivity index (χ0) is 29.4. The minimum absolute atomic E-state index is 0.187. The van der Waals surface area contributed by atoms with E-state index in [2.05, 4.69) is 22.2 Å². The Bertz CT molecular complexity index is 1410. The van der Waals surface area contributed by atoms with E-state index in [-0.39, 0.29) is 23.7 Å². The first-order chi connectivity index (χ1) is 19.6. The van der Waals surface area contributed by atoms with Gasteiger partial charge in [0.25, 0.3) is 0 Å². The van der Waals surface area contributed by atoms with E-state index in [0.29, 0.717) is 49.5 Å². The predicted molar refractivity (Wildman–Crippen MR) is 161 cm³/mol. The molecule has 4 N–H and O–H groups in total. The van der Waals surface area contributed by atoms with Crippen molar-refractivity contribution in [2.45, 2.75) is 39.7 Å². The second-order valence-corrected chi connectivity index (χ2v) is 10.7. The minimum Gasteiger partial charge on any atom is -0.439 e. The quantitative estimate of drug-likeness (QED) is 0.252. The van der Waals surface area contributed by atoms with E-state index in [1.165, 1.54) is 6.20 Å². The van der Waals surface area contributed by atoms with Crippen molar-refractivity contribution >= 4 is 17.8 Å². The fraction of sp³-hybridized carbons (Fsp3) is 0.323. The van der Waals surface area contributed by atoms with Crippen LogP contribution in [0.1, 0.15) is 37.8 Å². The van der Waals surface area contributed by atoms with Gasteiger partial charge in [-0.25, -0.2) is 9.78 Å². The molecule has 1 aromatic heterocycles. The Morgan fingerprint density at radius 3 is 2.56 bits per heavy atom. The molecule has 1 aliphatic rings. The average Bonchev–Trinajstić information content (AvgIpc) is 3.38. The molecule has 0 radical (unpaired) electrons. The molecule has 1 saturated heterocycles. The molecule has 0 bridgehead atoms. The second kappa shape index (κ2) is 13.2. The van der Waals surface area contributed by atoms with Crippen molar-refractivity contribution in [2.24, 2.45) is 10.7 Å². The summed E-state index contributed by atoms with van der Waals surface area (Å²) in [6, 6.07) is 14.8. The van der Waals surface area contributed by atoms with Crippen LogP contribution in [0.3, 0.4) is 0 Å². The van der Waals surface area contributed by atoms with Gasteiger partial charge < -0.3 is 29.8 Å². The highest BCUT2D eigenvalue weighted by molar-refractivity contribution is 5.92. The van der Waals surface area contributed by atoms with Gasteiger partial charge in [-0.2, -0.15) is 4.99 Å². The number of amides is 2. The van der Waals surface area contributed by atoms with Crippen LogP contribution in [0.5, 0.6) is 5.75 Å². The highest BCUT2D eigenvalue weighted by Crippen LogP contribution is 2.33. The largest absolute Gasteiger partial charge is 0.439 e. The summed E-state index contributed by atoms with van der Waals surface area (Å²) in [5.74, 6) is 2.17. The maximum atomic E-state index is 13.0. The summed E-state index contributed by atoms with van der Waals surface area (Å²) in [7, 11) is 0. The first-order valence-corrected chi connectivity index (χ1v) is 13.5. The number of carbonyl (C=O) groups is 1. The third-order valence-corrected chi connectivity index (χ3v) is 6.30. The number of nitrogens with zero attached hydrogens (tertiary/aromatic N) is 3. The zero-order valence-corrected chi connectivity index (χ0v) is 24.1. The van der Waals surface area contributed by atoms with Crippen molar-refractivity contribution in [3.05, 3.63) is 90.2 Å². The molecular weight excluding hydrogens is 520 g/mol. The number of carbonyl (C=O) groups excluding carboxylic acids is 1. The molecule has 10 nitrogen and oxygen atoms in total. The lowest BCUT2D eigenvalue weighted by atomic mass is 9.97. The summed E-state index contributed by atoms with van der Waals surface area (Å²) >= 11 is 0. The molecule has 2 aromatic carbocycles. The van der Waals surface area contributed by atoms with Crippen molar-refractivity contribution in [3.8, 4) is 17.0 Å². The van der Waals surface area contributed by atoms with Crippen LogP contribution in [-0.2, 0) is 16.7 Å². The van der Waals surface area contributed by atoms with Crippen LogP contribution in [0, 0.1) is 6.92 Å². The van der Waals surface area contributed by atoms with E-state index in [1.807, 2.05) is 75.1 Å². The monoisotopic (exact) mass is 558 g/mol. The predicted octanol–water partition coefficient (Wildman–Crippen LogP) is 5.32. The SMILES string of the molecule is C=C(N=C(/C=C\N)Oc1ccccc1CNC(=O)Nc1oc(C(C)(C)C)nc1-c1ccc(C)cc1)N1CCOCC1. The Balaban J connectivity index is 1.47. The van der Waals surface area contributed by atoms with Gasteiger partial charge in [0.05, 0.1) is 13.2 Å². The van der Waals surface area contributed by atoms with Crippen LogP contribution < -0.4 is 21.1 Å². The second-order valence-electron chi connectivity index (χ2n) is 10.7. The molecule has 10 heteroatoms. The van der Waals surface area contributed by atoms with Crippen LogP contribution in [0.2, 0.25) is 0 Å². The minimum atomic E-state index is -0.443. The van der Waals surface area contributed by atoms with E-state index >= 15 is 0 Å². The van der Waals surface area contributed by atoms with Gasteiger partial charge in [0, 0.05) is 42.3 Å². The number of aromatic nitrogens is 1. The fourth-order valence-corrected chi connectivity index (χ4v) is 4.01. The number of para-hydroxylation sites is 1. The Labute approximate surface area is 240 Å². The smallest absolute Gasteiger partial charge is 0.321 e. The fourth-order valence-electron chi connectivity index (χ4n) is 4.01. The van der Waals surface area contributed by atoms with Gasteiger partial charge in [0.2, 0.25) is 17.7 Å². The normalized spacial score (nSPS) is 14.2. The molecule has 2 heterocycles. The number of ether oxygens (including phenoxy) is 2. The number of hydrogen-bond donors (Lipinski definition) is 3. The van der Waals surface area contributed by atoms with Crippen molar-refractivity contribution in [3.63, 3.8) is 0 Å². The standard InChI is InChI=1S/C31H38N6O4/c1-21-10-12-23(13-11-21)27-28(41-29(35-27)31(3,4)5)36-30(38)33-20-24-8-6-7-9-25(24)40-26(14-15-32)34-22(2)37-16-18-39-19-17-37/h6-15H,2,16-20,32H2,1,3-5H3,(H2,33,36,38)/b15-14-,34-26?. The first-order valence-electron chi connectivity index (χ1n) is 13.5. The molecule has 0 unspecified atom stereocenters. The molecule has 0 saturated carbocycles. The number of nitrogens with one attached hydrogen (secondary N) is 2. The van der Waals surface area contributed by atoms with Gasteiger partial charge in [-0.1, -0.05) is 75.4 Å². The molecule has 0 aliphatic carbocycles. The lowest BCUT2D eigenvalue weighted by Gasteiger charge is -2.28. The van der Waals surface area contributed by atoms with E-state index in [4.69, 9.17) is 24.6 Å². The van der Waals surface area contributed by atoms with Gasteiger partial charge in [0.15, 0.2) is 0 Å². The first kappa shape index (κ1) is 29.4. The van der Waals surface area contributed by atoms with Crippen LogP contribution in [-0.4, -0.2) is 48.1 Å². The number of aliphatic imine (C=N–C) groups is 1. The lowest BCUT2D eigenvalue weighted by molar-refractivity contribution is 0.0533. The topological polar surface area (TPSA) is 127 Å². The Morgan fingerprint density at radius 2 is 1.88 bits per heavy atom. The number of urea groups is 1. The van der Waals surface area contributed by atoms with Crippen molar-refractivity contribution < 1.29 is 18.7 Å². The number of aryl methyl sites for hydroxylation is 1. The summed E-state index contributed by atoms with van der Waals surface area (Å²) < 4.78 is 17.5. The molecule has 0 atom stereocenters. The Kier molecular flexibility index (Phi) is 9.46. The van der Waals surface area contributed by atoms with Gasteiger partial charge in [-0.15, -0.1) is 0 Å². The number of benzene rings is 2. The van der Waals surface area contributed by atoms with Crippen LogP contribution in [0.4, 0.5) is 10.7 Å². The summed E-state index contributed by atoms with van der Waals surface area (Å²) in [5.41, 5.74) is 8.61. The van der Waals surface area contributed by atoms with Crippen LogP contribution >= 0.6 is 0 Å². The van der Waals surface area contributed by atoms with Crippen LogP contribution in [0.15, 0.2) is 82.6 Å². The van der Waals surface area contributed by atoms with Gasteiger partial charge in [-0.05, 0) is 19.2 Å². The van der Waals surface area contributed by atoms with E-state index in [9.17, 15) is 4.79 Å². The summed E-state index contributed by atoms with van der Waals surface area (Å²) in [6.07, 6.45) is 2.92. The highest BCUT2D eigenvalue weighted by Gasteiger charge is 2.25. The van der Waals surface area contributed by atoms with Gasteiger partial charge in [0.1, 0.15) is 17.3 Å². The number of oxazole rings is 1. The van der Waals surface area contributed by atoms with Crippen molar-refractivity contribution in [1.29, 1.82) is 0 Å². The Morgan fingerprint density at radius 1 is 1.17 bits per heavy atom. The van der Waals surface area contributed by atoms with E-state index in [0.717, 1.165) is 16.7 Å². The molecular formula is C31H38N6O4. The summed E-state index contributed by atoms with van der Waals surface area (Å²) in [6.45, 7) is 14.9. The molecule has 1 fully saturated rings. The number of nitrogens with two attached hydrogens (primary N) is 1. The molecule has 216 valence electrons. The number of rotatable bonds is 8. The maximum Gasteiger partial charge on any atom is 0.321 e. The third kappa shape index (κ3) is 7.98. The van der Waals surface area contributed by atoms with Crippen LogP contribution in [0.25, 0.3) is 11.3 Å². The van der Waals surface area contributed by atoms with Crippen molar-refractivity contribution in [2.75, 3.05) is 31.6 Å². The molecule has 0 spiro atoms. The van der Waals surface area contributed by atoms with E-state index in [1.54, 1.807) is 12.1 Å². The average molecular weight is 559 g/mol. The molecule has 3 aromatic rings. The lowest BCUT2D eigenvalue weighted by Crippen LogP contribution is -2.35. The molecule has 4 rings (SSSR count). The number of hydrogen-bond acceptors (Lipinski definition) is 8. The Hall–Kier alpha value is -4.57. The van der Waals surface area contributed by atoms with Gasteiger partial charge >= 0.3 is 6.03 Å².